The SMILES string of the molecule is COC[C@H]1CN(Cc2cccs2)CC12CCN(C1CCOCC1)CC2. The second kappa shape index (κ2) is 8.05. The van der Waals surface area contributed by atoms with Gasteiger partial charge in [0, 0.05) is 56.8 Å². The van der Waals surface area contributed by atoms with Gasteiger partial charge in [0.25, 0.3) is 0 Å². The zero-order valence-electron chi connectivity index (χ0n) is 15.5. The minimum absolute atomic E-state index is 0.467. The lowest BCUT2D eigenvalue weighted by atomic mass is 9.71. The first kappa shape index (κ1) is 17.9. The van der Waals surface area contributed by atoms with Gasteiger partial charge in [-0.3, -0.25) is 4.90 Å². The highest BCUT2D eigenvalue weighted by molar-refractivity contribution is 7.09. The highest BCUT2D eigenvalue weighted by Crippen LogP contribution is 2.46. The third-order valence-electron chi connectivity index (χ3n) is 6.71. The second-order valence-corrected chi connectivity index (χ2v) is 9.18. The van der Waals surface area contributed by atoms with Crippen LogP contribution >= 0.6 is 11.3 Å². The first-order chi connectivity index (χ1) is 12.3. The van der Waals surface area contributed by atoms with Gasteiger partial charge in [-0.05, 0) is 55.6 Å². The minimum atomic E-state index is 0.467. The summed E-state index contributed by atoms with van der Waals surface area (Å²) >= 11 is 1.89. The third-order valence-corrected chi connectivity index (χ3v) is 7.57. The minimum Gasteiger partial charge on any atom is -0.384 e. The highest BCUT2D eigenvalue weighted by atomic mass is 32.1. The number of rotatable bonds is 5. The number of hydrogen-bond donors (Lipinski definition) is 0. The molecule has 3 aliphatic heterocycles. The largest absolute Gasteiger partial charge is 0.384 e. The Labute approximate surface area is 156 Å². The molecule has 0 bridgehead atoms. The average Bonchev–Trinajstić information content (AvgIpc) is 3.26. The van der Waals surface area contributed by atoms with Crippen LogP contribution in [0, 0.1) is 11.3 Å². The van der Waals surface area contributed by atoms with E-state index in [4.69, 9.17) is 9.47 Å². The Morgan fingerprint density at radius 1 is 1.28 bits per heavy atom. The number of nitrogens with zero attached hydrogens (tertiary/aromatic N) is 2. The van der Waals surface area contributed by atoms with Crippen LogP contribution < -0.4 is 0 Å². The summed E-state index contributed by atoms with van der Waals surface area (Å²) < 4.78 is 11.2. The van der Waals surface area contributed by atoms with Gasteiger partial charge in [-0.2, -0.15) is 0 Å². The van der Waals surface area contributed by atoms with Crippen molar-refractivity contribution in [2.45, 2.75) is 38.3 Å². The molecule has 4 heterocycles. The lowest BCUT2D eigenvalue weighted by Gasteiger charge is -2.46. The van der Waals surface area contributed by atoms with Crippen molar-refractivity contribution in [2.24, 2.45) is 11.3 Å². The average molecular weight is 365 g/mol. The molecule has 0 amide bonds. The van der Waals surface area contributed by atoms with Crippen LogP contribution in [0.3, 0.4) is 0 Å². The molecule has 3 saturated heterocycles. The van der Waals surface area contributed by atoms with Crippen LogP contribution in [-0.2, 0) is 16.0 Å². The Kier molecular flexibility index (Phi) is 5.77. The smallest absolute Gasteiger partial charge is 0.0508 e. The molecule has 1 spiro atoms. The maximum Gasteiger partial charge on any atom is 0.0508 e. The van der Waals surface area contributed by atoms with Crippen molar-refractivity contribution in [1.82, 2.24) is 9.80 Å². The fourth-order valence-electron chi connectivity index (χ4n) is 5.27. The molecule has 1 aromatic rings. The van der Waals surface area contributed by atoms with E-state index in [-0.39, 0.29) is 0 Å². The zero-order chi connectivity index (χ0) is 17.1. The van der Waals surface area contributed by atoms with E-state index >= 15 is 0 Å². The summed E-state index contributed by atoms with van der Waals surface area (Å²) in [5.41, 5.74) is 0.467. The Morgan fingerprint density at radius 2 is 2.08 bits per heavy atom. The number of thiophene rings is 1. The first-order valence-corrected chi connectivity index (χ1v) is 10.7. The third kappa shape index (κ3) is 3.96. The van der Waals surface area contributed by atoms with E-state index in [2.05, 4.69) is 27.3 Å². The van der Waals surface area contributed by atoms with Crippen molar-refractivity contribution < 1.29 is 9.47 Å². The summed E-state index contributed by atoms with van der Waals surface area (Å²) in [6.07, 6.45) is 5.11. The normalized spacial score (nSPS) is 28.8. The van der Waals surface area contributed by atoms with Crippen LogP contribution in [0.2, 0.25) is 0 Å². The van der Waals surface area contributed by atoms with Gasteiger partial charge in [-0.15, -0.1) is 11.3 Å². The molecule has 1 atom stereocenters. The van der Waals surface area contributed by atoms with Crippen LogP contribution in [0.1, 0.15) is 30.6 Å². The monoisotopic (exact) mass is 364 g/mol. The molecule has 1 aromatic heterocycles. The van der Waals surface area contributed by atoms with Gasteiger partial charge in [0.2, 0.25) is 0 Å². The van der Waals surface area contributed by atoms with Gasteiger partial charge in [0.05, 0.1) is 6.61 Å². The van der Waals surface area contributed by atoms with E-state index in [9.17, 15) is 0 Å². The Morgan fingerprint density at radius 3 is 2.76 bits per heavy atom. The summed E-state index contributed by atoms with van der Waals surface area (Å²) in [5, 5.41) is 2.19. The van der Waals surface area contributed by atoms with Crippen molar-refractivity contribution in [3.05, 3.63) is 22.4 Å². The molecule has 0 saturated carbocycles. The Balaban J connectivity index is 1.38. The van der Waals surface area contributed by atoms with Crippen molar-refractivity contribution in [3.8, 4) is 0 Å². The van der Waals surface area contributed by atoms with Gasteiger partial charge in [0.15, 0.2) is 0 Å². The molecule has 4 nitrogen and oxygen atoms in total. The molecule has 3 fully saturated rings. The fourth-order valence-corrected chi connectivity index (χ4v) is 6.02. The van der Waals surface area contributed by atoms with Crippen molar-refractivity contribution in [1.29, 1.82) is 0 Å². The quantitative estimate of drug-likeness (QED) is 0.802. The molecule has 140 valence electrons. The fraction of sp³-hybridized carbons (Fsp3) is 0.800. The van der Waals surface area contributed by atoms with E-state index < -0.39 is 0 Å². The van der Waals surface area contributed by atoms with E-state index in [1.807, 2.05) is 18.4 Å². The highest BCUT2D eigenvalue weighted by Gasteiger charge is 2.48. The van der Waals surface area contributed by atoms with E-state index in [0.29, 0.717) is 11.3 Å². The summed E-state index contributed by atoms with van der Waals surface area (Å²) in [4.78, 5) is 6.92. The molecular weight excluding hydrogens is 332 g/mol. The first-order valence-electron chi connectivity index (χ1n) is 9.84. The van der Waals surface area contributed by atoms with E-state index in [0.717, 1.165) is 32.4 Å². The molecule has 0 radical (unpaired) electrons. The number of methoxy groups -OCH3 is 1. The molecular formula is C20H32N2O2S. The number of likely N-dealkylation sites (tertiary alicyclic amines) is 2. The summed E-state index contributed by atoms with van der Waals surface area (Å²) in [7, 11) is 1.87. The van der Waals surface area contributed by atoms with Gasteiger partial charge in [-0.1, -0.05) is 6.07 Å². The van der Waals surface area contributed by atoms with Crippen LogP contribution in [0.15, 0.2) is 17.5 Å². The topological polar surface area (TPSA) is 24.9 Å². The maximum atomic E-state index is 5.63. The molecule has 5 heteroatoms. The molecule has 0 unspecified atom stereocenters. The van der Waals surface area contributed by atoms with Crippen LogP contribution in [-0.4, -0.2) is 69.0 Å². The summed E-state index contributed by atoms with van der Waals surface area (Å²) in [5.74, 6) is 0.689. The van der Waals surface area contributed by atoms with E-state index in [1.54, 1.807) is 0 Å². The van der Waals surface area contributed by atoms with Crippen LogP contribution in [0.5, 0.6) is 0 Å². The van der Waals surface area contributed by atoms with Gasteiger partial charge >= 0.3 is 0 Å². The Hall–Kier alpha value is -0.460. The van der Waals surface area contributed by atoms with Crippen molar-refractivity contribution in [3.63, 3.8) is 0 Å². The van der Waals surface area contributed by atoms with E-state index in [1.165, 1.54) is 56.7 Å². The lowest BCUT2D eigenvalue weighted by molar-refractivity contribution is -0.0109. The molecule has 0 aromatic carbocycles. The Bertz CT molecular complexity index is 522. The number of piperidine rings is 1. The molecule has 4 rings (SSSR count). The lowest BCUT2D eigenvalue weighted by Crippen LogP contribution is -2.49. The second-order valence-electron chi connectivity index (χ2n) is 8.14. The standard InChI is InChI=1S/C20H32N2O2S/c1-23-15-17-13-21(14-19-3-2-12-25-19)16-20(17)6-8-22(9-7-20)18-4-10-24-11-5-18/h2-3,12,17-18H,4-11,13-16H2,1H3/t17-/m1/s1. The molecule has 0 aliphatic carbocycles. The maximum absolute atomic E-state index is 5.63. The summed E-state index contributed by atoms with van der Waals surface area (Å²) in [6.45, 7) is 8.90. The van der Waals surface area contributed by atoms with Crippen LogP contribution in [0.25, 0.3) is 0 Å². The van der Waals surface area contributed by atoms with Crippen molar-refractivity contribution >= 4 is 11.3 Å². The number of ether oxygens (including phenoxy) is 2. The zero-order valence-corrected chi connectivity index (χ0v) is 16.3. The summed E-state index contributed by atoms with van der Waals surface area (Å²) in [6, 6.07) is 5.20. The van der Waals surface area contributed by atoms with Gasteiger partial charge < -0.3 is 14.4 Å². The predicted octanol–water partition coefficient (Wildman–Crippen LogP) is 3.09. The van der Waals surface area contributed by atoms with Crippen molar-refractivity contribution in [2.75, 3.05) is 53.1 Å². The van der Waals surface area contributed by atoms with Gasteiger partial charge in [-0.25, -0.2) is 0 Å². The number of hydrogen-bond acceptors (Lipinski definition) is 5. The molecule has 0 N–H and O–H groups in total. The van der Waals surface area contributed by atoms with Gasteiger partial charge in [0.1, 0.15) is 0 Å². The molecule has 25 heavy (non-hydrogen) atoms. The van der Waals surface area contributed by atoms with Crippen LogP contribution in [0.4, 0.5) is 0 Å². The predicted molar refractivity (Wildman–Crippen MR) is 102 cm³/mol. The molecule has 3 aliphatic rings.